The normalized spacial score (nSPS) is 17.9. The third-order valence-electron chi connectivity index (χ3n) is 1.76. The SMILES string of the molecule is CCCCN1[CH]CC(=O)NC1=S. The third-order valence-corrected chi connectivity index (χ3v) is 2.09. The van der Waals surface area contributed by atoms with Crippen molar-refractivity contribution < 1.29 is 4.79 Å². The number of nitrogens with one attached hydrogen (secondary N) is 1. The first kappa shape index (κ1) is 9.45. The third kappa shape index (κ3) is 2.44. The second-order valence-corrected chi connectivity index (χ2v) is 3.17. The quantitative estimate of drug-likeness (QED) is 0.667. The second kappa shape index (κ2) is 4.40. The molecule has 3 nitrogen and oxygen atoms in total. The summed E-state index contributed by atoms with van der Waals surface area (Å²) in [6.07, 6.45) is 2.69. The number of hydrogen-bond acceptors (Lipinski definition) is 2. The highest BCUT2D eigenvalue weighted by molar-refractivity contribution is 7.80. The molecule has 12 heavy (non-hydrogen) atoms. The molecule has 4 heteroatoms. The van der Waals surface area contributed by atoms with Crippen molar-refractivity contribution in [1.29, 1.82) is 0 Å². The summed E-state index contributed by atoms with van der Waals surface area (Å²) in [6, 6.07) is 0. The van der Waals surface area contributed by atoms with Gasteiger partial charge in [-0.3, -0.25) is 4.79 Å². The predicted octanol–water partition coefficient (Wildman–Crippen LogP) is 1.06. The largest absolute Gasteiger partial charge is 0.343 e. The van der Waals surface area contributed by atoms with Gasteiger partial charge in [0.05, 0.1) is 6.54 Å². The molecule has 0 saturated carbocycles. The highest BCUT2D eigenvalue weighted by atomic mass is 32.1. The number of nitrogens with zero attached hydrogens (tertiary/aromatic N) is 1. The van der Waals surface area contributed by atoms with Crippen molar-refractivity contribution >= 4 is 23.2 Å². The molecule has 0 unspecified atom stereocenters. The van der Waals surface area contributed by atoms with Crippen LogP contribution in [0.3, 0.4) is 0 Å². The van der Waals surface area contributed by atoms with Crippen molar-refractivity contribution in [1.82, 2.24) is 10.2 Å². The molecule has 0 bridgehead atoms. The number of amides is 1. The zero-order valence-corrected chi connectivity index (χ0v) is 7.99. The minimum atomic E-state index is -0.00671. The van der Waals surface area contributed by atoms with Gasteiger partial charge in [-0.2, -0.15) is 0 Å². The Morgan fingerprint density at radius 1 is 1.75 bits per heavy atom. The molecule has 1 fully saturated rings. The molecule has 0 spiro atoms. The zero-order chi connectivity index (χ0) is 8.97. The van der Waals surface area contributed by atoms with E-state index < -0.39 is 0 Å². The van der Waals surface area contributed by atoms with Crippen LogP contribution in [0.1, 0.15) is 26.2 Å². The van der Waals surface area contributed by atoms with Crippen LogP contribution in [0.25, 0.3) is 0 Å². The fraction of sp³-hybridized carbons (Fsp3) is 0.625. The van der Waals surface area contributed by atoms with E-state index in [1.54, 1.807) is 0 Å². The van der Waals surface area contributed by atoms with Crippen LogP contribution in [-0.2, 0) is 4.79 Å². The second-order valence-electron chi connectivity index (χ2n) is 2.79. The Bertz CT molecular complexity index is 193. The highest BCUT2D eigenvalue weighted by Gasteiger charge is 2.18. The van der Waals surface area contributed by atoms with Crippen LogP contribution in [0, 0.1) is 6.54 Å². The molecule has 1 radical (unpaired) electrons. The van der Waals surface area contributed by atoms with Crippen molar-refractivity contribution in [2.75, 3.05) is 6.54 Å². The molecule has 67 valence electrons. The lowest BCUT2D eigenvalue weighted by atomic mass is 10.2. The molecule has 1 aliphatic heterocycles. The minimum Gasteiger partial charge on any atom is -0.343 e. The lowest BCUT2D eigenvalue weighted by Gasteiger charge is -2.28. The maximum Gasteiger partial charge on any atom is 0.228 e. The van der Waals surface area contributed by atoms with Crippen LogP contribution < -0.4 is 5.32 Å². The van der Waals surface area contributed by atoms with Gasteiger partial charge in [-0.15, -0.1) is 0 Å². The Balaban J connectivity index is 2.35. The molecule has 1 amide bonds. The van der Waals surface area contributed by atoms with E-state index >= 15 is 0 Å². The van der Waals surface area contributed by atoms with E-state index in [1.165, 1.54) is 0 Å². The van der Waals surface area contributed by atoms with Crippen molar-refractivity contribution in [2.45, 2.75) is 26.2 Å². The molecule has 0 atom stereocenters. The summed E-state index contributed by atoms with van der Waals surface area (Å²) >= 11 is 4.98. The number of rotatable bonds is 3. The van der Waals surface area contributed by atoms with Crippen molar-refractivity contribution in [3.05, 3.63) is 6.54 Å². The summed E-state index contributed by atoms with van der Waals surface area (Å²) in [5, 5.41) is 3.17. The minimum absolute atomic E-state index is 0.00671. The topological polar surface area (TPSA) is 32.3 Å². The van der Waals surface area contributed by atoms with Crippen LogP contribution in [0.4, 0.5) is 0 Å². The summed E-state index contributed by atoms with van der Waals surface area (Å²) in [4.78, 5) is 12.8. The molecule has 1 heterocycles. The van der Waals surface area contributed by atoms with Gasteiger partial charge in [0.25, 0.3) is 0 Å². The van der Waals surface area contributed by atoms with E-state index in [1.807, 2.05) is 11.4 Å². The molecular weight excluding hydrogens is 172 g/mol. The number of unbranched alkanes of at least 4 members (excludes halogenated alkanes) is 1. The van der Waals surface area contributed by atoms with Gasteiger partial charge in [-0.1, -0.05) is 13.3 Å². The number of carbonyl (C=O) groups excluding carboxylic acids is 1. The standard InChI is InChI=1S/C8H13N2OS/c1-2-3-5-10-6-4-7(11)9-8(10)12/h6H,2-5H2,1H3,(H,9,11,12). The lowest BCUT2D eigenvalue weighted by Crippen LogP contribution is -2.46. The first-order valence-corrected chi connectivity index (χ1v) is 4.58. The summed E-state index contributed by atoms with van der Waals surface area (Å²) in [6.45, 7) is 4.90. The van der Waals surface area contributed by atoms with Crippen LogP contribution >= 0.6 is 12.2 Å². The van der Waals surface area contributed by atoms with Crippen molar-refractivity contribution in [3.63, 3.8) is 0 Å². The van der Waals surface area contributed by atoms with E-state index in [4.69, 9.17) is 12.2 Å². The first-order chi connectivity index (χ1) is 5.74. The zero-order valence-electron chi connectivity index (χ0n) is 7.17. The van der Waals surface area contributed by atoms with Gasteiger partial charge in [0, 0.05) is 13.0 Å². The van der Waals surface area contributed by atoms with Gasteiger partial charge in [0.15, 0.2) is 5.11 Å². The Kier molecular flexibility index (Phi) is 3.47. The van der Waals surface area contributed by atoms with Crippen molar-refractivity contribution in [2.24, 2.45) is 0 Å². The first-order valence-electron chi connectivity index (χ1n) is 4.18. The average Bonchev–Trinajstić information content (AvgIpc) is 2.03. The number of hydrogen-bond donors (Lipinski definition) is 1. The number of thiocarbonyl (C=S) groups is 1. The molecule has 0 aromatic heterocycles. The van der Waals surface area contributed by atoms with Crippen LogP contribution in [0.5, 0.6) is 0 Å². The lowest BCUT2D eigenvalue weighted by molar-refractivity contribution is -0.120. The summed E-state index contributed by atoms with van der Waals surface area (Å²) in [5.74, 6) is -0.00671. The molecule has 0 aromatic carbocycles. The maximum absolute atomic E-state index is 10.8. The van der Waals surface area contributed by atoms with E-state index in [9.17, 15) is 4.79 Å². The van der Waals surface area contributed by atoms with Gasteiger partial charge >= 0.3 is 0 Å². The molecule has 0 aromatic rings. The monoisotopic (exact) mass is 185 g/mol. The molecular formula is C8H13N2OS. The fourth-order valence-corrected chi connectivity index (χ4v) is 1.32. The molecule has 1 saturated heterocycles. The Morgan fingerprint density at radius 3 is 3.08 bits per heavy atom. The highest BCUT2D eigenvalue weighted by Crippen LogP contribution is 2.06. The summed E-state index contributed by atoms with van der Waals surface area (Å²) < 4.78 is 0. The fourth-order valence-electron chi connectivity index (χ4n) is 1.04. The molecule has 0 aliphatic carbocycles. The average molecular weight is 185 g/mol. The maximum atomic E-state index is 10.8. The molecule has 1 aliphatic rings. The van der Waals surface area contributed by atoms with Gasteiger partial charge < -0.3 is 10.2 Å². The van der Waals surface area contributed by atoms with Gasteiger partial charge in [0.1, 0.15) is 0 Å². The molecule has 1 N–H and O–H groups in total. The predicted molar refractivity (Wildman–Crippen MR) is 51.3 cm³/mol. The Labute approximate surface area is 78.1 Å². The molecule has 1 rings (SSSR count). The van der Waals surface area contributed by atoms with Crippen LogP contribution in [-0.4, -0.2) is 22.5 Å². The summed E-state index contributed by atoms with van der Waals surface area (Å²) in [7, 11) is 0. The van der Waals surface area contributed by atoms with E-state index in [2.05, 4.69) is 12.2 Å². The van der Waals surface area contributed by atoms with Crippen LogP contribution in [0.15, 0.2) is 0 Å². The Hall–Kier alpha value is -0.640. The Morgan fingerprint density at radius 2 is 2.50 bits per heavy atom. The van der Waals surface area contributed by atoms with Gasteiger partial charge in [-0.25, -0.2) is 0 Å². The van der Waals surface area contributed by atoms with Crippen molar-refractivity contribution in [3.8, 4) is 0 Å². The van der Waals surface area contributed by atoms with E-state index in [-0.39, 0.29) is 5.91 Å². The van der Waals surface area contributed by atoms with Crippen LogP contribution in [0.2, 0.25) is 0 Å². The number of carbonyl (C=O) groups is 1. The van der Waals surface area contributed by atoms with Gasteiger partial charge in [0.2, 0.25) is 5.91 Å². The summed E-state index contributed by atoms with van der Waals surface area (Å²) in [5.41, 5.74) is 0. The van der Waals surface area contributed by atoms with E-state index in [0.717, 1.165) is 19.4 Å². The smallest absolute Gasteiger partial charge is 0.228 e. The van der Waals surface area contributed by atoms with Gasteiger partial charge in [-0.05, 0) is 18.6 Å². The van der Waals surface area contributed by atoms with E-state index in [0.29, 0.717) is 11.5 Å².